The van der Waals surface area contributed by atoms with E-state index >= 15 is 0 Å². The van der Waals surface area contributed by atoms with Crippen LogP contribution in [0.25, 0.3) is 0 Å². The Morgan fingerprint density at radius 2 is 2.24 bits per heavy atom. The molecule has 1 aliphatic heterocycles. The Balaban J connectivity index is 1.92. The molecule has 0 unspecified atom stereocenters. The predicted molar refractivity (Wildman–Crippen MR) is 91.0 cm³/mol. The van der Waals surface area contributed by atoms with E-state index in [1.54, 1.807) is 6.07 Å². The molecule has 1 atom stereocenters. The van der Waals surface area contributed by atoms with Gasteiger partial charge in [0.05, 0.1) is 30.2 Å². The third kappa shape index (κ3) is 3.94. The number of rotatable bonds is 4. The number of hydrogen-bond donors (Lipinski definition) is 1. The fourth-order valence-electron chi connectivity index (χ4n) is 2.56. The number of hydrogen-bond acceptors (Lipinski definition) is 7. The van der Waals surface area contributed by atoms with E-state index in [0.29, 0.717) is 25.6 Å². The number of nitro benzene ring substituents is 1. The first-order valence-corrected chi connectivity index (χ1v) is 7.92. The number of nitro groups is 1. The molecule has 1 aromatic carbocycles. The van der Waals surface area contributed by atoms with Crippen LogP contribution in [0.1, 0.15) is 6.92 Å². The van der Waals surface area contributed by atoms with Gasteiger partial charge in [-0.25, -0.2) is 9.37 Å². The Morgan fingerprint density at radius 1 is 1.44 bits per heavy atom. The average molecular weight is 368 g/mol. The molecule has 2 heterocycles. The van der Waals surface area contributed by atoms with Crippen molar-refractivity contribution in [3.63, 3.8) is 0 Å². The number of nitrogens with one attached hydrogen (secondary N) is 1. The fraction of sp³-hybridized carbons (Fsp3) is 0.333. The van der Waals surface area contributed by atoms with Crippen LogP contribution in [0, 0.1) is 15.9 Å². The minimum Gasteiger partial charge on any atom is -0.377 e. The van der Waals surface area contributed by atoms with Crippen LogP contribution < -0.4 is 10.2 Å². The molecule has 1 fully saturated rings. The SMILES string of the molecule is C[C@@H]1COCCN1c1cc(Cl)nc(Nc2ccc(F)cc2[N+](=O)[O-])n1. The van der Waals surface area contributed by atoms with Crippen molar-refractivity contribution in [2.24, 2.45) is 0 Å². The Labute approximate surface area is 147 Å². The number of halogens is 2. The highest BCUT2D eigenvalue weighted by Crippen LogP contribution is 2.29. The second kappa shape index (κ2) is 7.16. The zero-order valence-corrected chi connectivity index (χ0v) is 14.0. The maximum Gasteiger partial charge on any atom is 0.295 e. The van der Waals surface area contributed by atoms with Gasteiger partial charge >= 0.3 is 0 Å². The molecule has 2 aromatic rings. The van der Waals surface area contributed by atoms with E-state index in [-0.39, 0.29) is 22.8 Å². The highest BCUT2D eigenvalue weighted by atomic mass is 35.5. The van der Waals surface area contributed by atoms with Crippen LogP contribution in [0.5, 0.6) is 0 Å². The van der Waals surface area contributed by atoms with Gasteiger partial charge in [-0.1, -0.05) is 11.6 Å². The minimum absolute atomic E-state index is 0.0784. The molecule has 0 amide bonds. The van der Waals surface area contributed by atoms with Gasteiger partial charge in [-0.3, -0.25) is 10.1 Å². The molecule has 10 heteroatoms. The van der Waals surface area contributed by atoms with Crippen LogP contribution in [0.4, 0.5) is 27.5 Å². The first-order valence-electron chi connectivity index (χ1n) is 7.54. The van der Waals surface area contributed by atoms with E-state index in [4.69, 9.17) is 16.3 Å². The van der Waals surface area contributed by atoms with Gasteiger partial charge in [-0.15, -0.1) is 0 Å². The second-order valence-electron chi connectivity index (χ2n) is 5.53. The molecule has 0 aliphatic carbocycles. The molecular formula is C15H15ClFN5O3. The van der Waals surface area contributed by atoms with Gasteiger partial charge < -0.3 is 15.0 Å². The molecule has 0 spiro atoms. The standard InChI is InChI=1S/C15H15ClFN5O3/c1-9-8-25-5-4-21(9)14-7-13(16)19-15(20-14)18-11-3-2-10(17)6-12(11)22(23)24/h2-3,6-7,9H,4-5,8H2,1H3,(H,18,19,20)/t9-/m1/s1. The largest absolute Gasteiger partial charge is 0.377 e. The van der Waals surface area contributed by atoms with Crippen molar-refractivity contribution in [3.8, 4) is 0 Å². The molecule has 1 N–H and O–H groups in total. The molecule has 25 heavy (non-hydrogen) atoms. The Kier molecular flexibility index (Phi) is 4.95. The summed E-state index contributed by atoms with van der Waals surface area (Å²) in [6.07, 6.45) is 0. The van der Waals surface area contributed by atoms with Crippen LogP contribution in [-0.2, 0) is 4.74 Å². The van der Waals surface area contributed by atoms with Crippen molar-refractivity contribution < 1.29 is 14.1 Å². The first kappa shape index (κ1) is 17.3. The van der Waals surface area contributed by atoms with Gasteiger partial charge in [-0.05, 0) is 19.1 Å². The topological polar surface area (TPSA) is 93.4 Å². The van der Waals surface area contributed by atoms with Crippen molar-refractivity contribution in [3.05, 3.63) is 45.4 Å². The second-order valence-corrected chi connectivity index (χ2v) is 5.92. The maximum atomic E-state index is 13.3. The molecule has 1 saturated heterocycles. The summed E-state index contributed by atoms with van der Waals surface area (Å²) in [7, 11) is 0. The number of ether oxygens (including phenoxy) is 1. The van der Waals surface area contributed by atoms with Gasteiger partial charge in [0.2, 0.25) is 5.95 Å². The van der Waals surface area contributed by atoms with E-state index in [2.05, 4.69) is 15.3 Å². The first-order chi connectivity index (χ1) is 11.9. The van der Waals surface area contributed by atoms with Gasteiger partial charge in [0, 0.05) is 12.6 Å². The summed E-state index contributed by atoms with van der Waals surface area (Å²) in [5.74, 6) is -0.0222. The molecule has 1 aliphatic rings. The van der Waals surface area contributed by atoms with Crippen molar-refractivity contribution >= 4 is 34.7 Å². The van der Waals surface area contributed by atoms with Gasteiger partial charge in [0.1, 0.15) is 22.5 Å². The van der Waals surface area contributed by atoms with Crippen molar-refractivity contribution in [1.29, 1.82) is 0 Å². The summed E-state index contributed by atoms with van der Waals surface area (Å²) in [6, 6.07) is 4.93. The molecule has 1 aromatic heterocycles. The number of morpholine rings is 1. The van der Waals surface area contributed by atoms with E-state index in [1.807, 2.05) is 11.8 Å². The quantitative estimate of drug-likeness (QED) is 0.504. The highest BCUT2D eigenvalue weighted by Gasteiger charge is 2.22. The lowest BCUT2D eigenvalue weighted by Crippen LogP contribution is -2.44. The summed E-state index contributed by atoms with van der Waals surface area (Å²) in [6.45, 7) is 3.77. The lowest BCUT2D eigenvalue weighted by molar-refractivity contribution is -0.384. The van der Waals surface area contributed by atoms with Crippen LogP contribution >= 0.6 is 11.6 Å². The molecule has 3 rings (SSSR count). The lowest BCUT2D eigenvalue weighted by Gasteiger charge is -2.34. The summed E-state index contributed by atoms with van der Waals surface area (Å²) in [5, 5.41) is 14.0. The fourth-order valence-corrected chi connectivity index (χ4v) is 2.74. The van der Waals surface area contributed by atoms with Crippen molar-refractivity contribution in [1.82, 2.24) is 9.97 Å². The number of aromatic nitrogens is 2. The number of anilines is 3. The Hall–Kier alpha value is -2.52. The summed E-state index contributed by atoms with van der Waals surface area (Å²) >= 11 is 6.07. The third-order valence-electron chi connectivity index (χ3n) is 3.75. The van der Waals surface area contributed by atoms with Crippen LogP contribution in [0.15, 0.2) is 24.3 Å². The predicted octanol–water partition coefficient (Wildman–Crippen LogP) is 3.15. The van der Waals surface area contributed by atoms with Crippen molar-refractivity contribution in [2.45, 2.75) is 13.0 Å². The normalized spacial score (nSPS) is 17.4. The lowest BCUT2D eigenvalue weighted by atomic mass is 10.2. The van der Waals surface area contributed by atoms with E-state index in [1.165, 1.54) is 6.07 Å². The summed E-state index contributed by atoms with van der Waals surface area (Å²) in [5.41, 5.74) is -0.334. The third-order valence-corrected chi connectivity index (χ3v) is 3.94. The van der Waals surface area contributed by atoms with E-state index in [9.17, 15) is 14.5 Å². The van der Waals surface area contributed by atoms with Gasteiger partial charge in [0.15, 0.2) is 0 Å². The monoisotopic (exact) mass is 367 g/mol. The van der Waals surface area contributed by atoms with Gasteiger partial charge in [-0.2, -0.15) is 4.98 Å². The summed E-state index contributed by atoms with van der Waals surface area (Å²) < 4.78 is 18.7. The van der Waals surface area contributed by atoms with E-state index in [0.717, 1.165) is 12.1 Å². The zero-order chi connectivity index (χ0) is 18.0. The number of nitrogens with zero attached hydrogens (tertiary/aromatic N) is 4. The average Bonchev–Trinajstić information content (AvgIpc) is 2.56. The molecule has 0 bridgehead atoms. The molecular weight excluding hydrogens is 353 g/mol. The Bertz CT molecular complexity index is 807. The van der Waals surface area contributed by atoms with Gasteiger partial charge in [0.25, 0.3) is 5.69 Å². The minimum atomic E-state index is -0.702. The molecule has 132 valence electrons. The smallest absolute Gasteiger partial charge is 0.295 e. The van der Waals surface area contributed by atoms with Crippen molar-refractivity contribution in [2.75, 3.05) is 30.0 Å². The summed E-state index contributed by atoms with van der Waals surface area (Å²) in [4.78, 5) is 20.8. The molecule has 8 nitrogen and oxygen atoms in total. The maximum absolute atomic E-state index is 13.3. The van der Waals surface area contributed by atoms with Crippen LogP contribution in [-0.4, -0.2) is 40.7 Å². The molecule has 0 radical (unpaired) electrons. The van der Waals surface area contributed by atoms with Crippen LogP contribution in [0.2, 0.25) is 5.15 Å². The zero-order valence-electron chi connectivity index (χ0n) is 13.3. The molecule has 0 saturated carbocycles. The highest BCUT2D eigenvalue weighted by molar-refractivity contribution is 6.29. The number of benzene rings is 1. The van der Waals surface area contributed by atoms with Crippen LogP contribution in [0.3, 0.4) is 0 Å². The Morgan fingerprint density at radius 3 is 2.96 bits per heavy atom. The van der Waals surface area contributed by atoms with E-state index < -0.39 is 16.4 Å².